The summed E-state index contributed by atoms with van der Waals surface area (Å²) < 4.78 is 38.7. The van der Waals surface area contributed by atoms with Crippen LogP contribution in [0.2, 0.25) is 0 Å². The Kier molecular flexibility index (Phi) is 7.39. The first-order chi connectivity index (χ1) is 7.95. The normalized spacial score (nSPS) is 12.8. The largest absolute Gasteiger partial charge is 0.313 e. The van der Waals surface area contributed by atoms with E-state index in [9.17, 15) is 12.8 Å². The summed E-state index contributed by atoms with van der Waals surface area (Å²) in [7, 11) is -3.55. The number of benzene rings is 1. The van der Waals surface area contributed by atoms with Crippen molar-refractivity contribution in [3.8, 4) is 0 Å². The third-order valence-corrected chi connectivity index (χ3v) is 3.70. The van der Waals surface area contributed by atoms with Gasteiger partial charge in [0.05, 0.1) is 4.90 Å². The lowest BCUT2D eigenvalue weighted by molar-refractivity contribution is 0.536. The Balaban J connectivity index is 0.00000289. The molecule has 0 heterocycles. The van der Waals surface area contributed by atoms with Gasteiger partial charge in [0.25, 0.3) is 0 Å². The van der Waals surface area contributed by atoms with Crippen molar-refractivity contribution < 1.29 is 12.8 Å². The summed E-state index contributed by atoms with van der Waals surface area (Å²) in [5.74, 6) is -0.454. The number of nitrogens with one attached hydrogen (secondary N) is 2. The Morgan fingerprint density at radius 3 is 2.33 bits per heavy atom. The zero-order valence-corrected chi connectivity index (χ0v) is 11.9. The summed E-state index contributed by atoms with van der Waals surface area (Å²) in [6, 6.07) is 4.80. The molecule has 104 valence electrons. The second kappa shape index (κ2) is 7.68. The van der Waals surface area contributed by atoms with Crippen molar-refractivity contribution in [1.82, 2.24) is 10.0 Å². The van der Waals surface area contributed by atoms with Crippen molar-refractivity contribution in [2.75, 3.05) is 13.1 Å². The first-order valence-corrected chi connectivity index (χ1v) is 6.92. The molecule has 1 atom stereocenters. The Morgan fingerprint density at radius 2 is 1.83 bits per heavy atom. The maximum atomic E-state index is 12.7. The number of likely N-dealkylation sites (N-methyl/N-ethyl adjacent to an activating group) is 1. The van der Waals surface area contributed by atoms with Crippen molar-refractivity contribution in [1.29, 1.82) is 0 Å². The van der Waals surface area contributed by atoms with Crippen LogP contribution in [0, 0.1) is 5.82 Å². The highest BCUT2D eigenvalue weighted by atomic mass is 35.5. The molecule has 0 aromatic heterocycles. The molecule has 7 heteroatoms. The average molecular weight is 297 g/mol. The molecule has 0 saturated heterocycles. The fraction of sp³-hybridized carbons (Fsp3) is 0.455. The highest BCUT2D eigenvalue weighted by molar-refractivity contribution is 7.89. The molecule has 1 aromatic carbocycles. The first-order valence-electron chi connectivity index (χ1n) is 5.44. The van der Waals surface area contributed by atoms with Gasteiger partial charge in [0, 0.05) is 12.6 Å². The van der Waals surface area contributed by atoms with Crippen LogP contribution in [0.25, 0.3) is 0 Å². The van der Waals surface area contributed by atoms with Gasteiger partial charge in [-0.15, -0.1) is 12.4 Å². The molecule has 0 radical (unpaired) electrons. The maximum absolute atomic E-state index is 12.7. The van der Waals surface area contributed by atoms with E-state index < -0.39 is 15.8 Å². The van der Waals surface area contributed by atoms with Crippen LogP contribution in [0.15, 0.2) is 29.2 Å². The second-order valence-electron chi connectivity index (χ2n) is 3.76. The fourth-order valence-electron chi connectivity index (χ4n) is 1.35. The van der Waals surface area contributed by atoms with Crippen LogP contribution in [0.3, 0.4) is 0 Å². The minimum atomic E-state index is -3.55. The first kappa shape index (κ1) is 17.3. The predicted octanol–water partition coefficient (Wildman–Crippen LogP) is 1.52. The Bertz CT molecular complexity index is 451. The predicted molar refractivity (Wildman–Crippen MR) is 72.0 cm³/mol. The van der Waals surface area contributed by atoms with Gasteiger partial charge < -0.3 is 5.32 Å². The van der Waals surface area contributed by atoms with E-state index in [-0.39, 0.29) is 23.3 Å². The standard InChI is InChI=1S/C11H17FN2O2S.ClH/c1-3-13-9(2)8-14-17(15,16)11-6-4-10(12)5-7-11;/h4-7,9,13-14H,3,8H2,1-2H3;1H/t9-;/m1./s1. The maximum Gasteiger partial charge on any atom is 0.240 e. The van der Waals surface area contributed by atoms with Gasteiger partial charge in [-0.05, 0) is 37.7 Å². The molecule has 4 nitrogen and oxygen atoms in total. The minimum absolute atomic E-state index is 0. The summed E-state index contributed by atoms with van der Waals surface area (Å²) in [5, 5.41) is 3.09. The number of hydrogen-bond donors (Lipinski definition) is 2. The van der Waals surface area contributed by atoms with E-state index in [1.807, 2.05) is 13.8 Å². The fourth-order valence-corrected chi connectivity index (χ4v) is 2.48. The van der Waals surface area contributed by atoms with Crippen molar-refractivity contribution in [3.63, 3.8) is 0 Å². The summed E-state index contributed by atoms with van der Waals surface area (Å²) in [6.45, 7) is 4.91. The second-order valence-corrected chi connectivity index (χ2v) is 5.53. The van der Waals surface area contributed by atoms with Crippen LogP contribution in [-0.4, -0.2) is 27.5 Å². The van der Waals surface area contributed by atoms with E-state index in [0.29, 0.717) is 6.54 Å². The zero-order valence-electron chi connectivity index (χ0n) is 10.3. The molecule has 0 aliphatic heterocycles. The molecule has 2 N–H and O–H groups in total. The summed E-state index contributed by atoms with van der Waals surface area (Å²) in [4.78, 5) is 0.0719. The summed E-state index contributed by atoms with van der Waals surface area (Å²) in [6.07, 6.45) is 0. The Morgan fingerprint density at radius 1 is 1.28 bits per heavy atom. The van der Waals surface area contributed by atoms with Crippen LogP contribution in [0.5, 0.6) is 0 Å². The molecule has 0 unspecified atom stereocenters. The molecule has 0 fully saturated rings. The number of rotatable bonds is 6. The number of sulfonamides is 1. The molecular formula is C11H18ClFN2O2S. The van der Waals surface area contributed by atoms with Crippen LogP contribution in [0.1, 0.15) is 13.8 Å². The van der Waals surface area contributed by atoms with Crippen LogP contribution >= 0.6 is 12.4 Å². The molecule has 0 bridgehead atoms. The number of halogens is 2. The quantitative estimate of drug-likeness (QED) is 0.837. The van der Waals surface area contributed by atoms with Gasteiger partial charge in [-0.25, -0.2) is 17.5 Å². The van der Waals surface area contributed by atoms with E-state index in [1.54, 1.807) is 0 Å². The molecule has 1 rings (SSSR count). The SMILES string of the molecule is CCN[C@H](C)CNS(=O)(=O)c1ccc(F)cc1.Cl. The highest BCUT2D eigenvalue weighted by Gasteiger charge is 2.14. The van der Waals surface area contributed by atoms with Gasteiger partial charge in [-0.2, -0.15) is 0 Å². The van der Waals surface area contributed by atoms with Gasteiger partial charge >= 0.3 is 0 Å². The molecule has 0 aliphatic rings. The van der Waals surface area contributed by atoms with Crippen molar-refractivity contribution in [2.45, 2.75) is 24.8 Å². The van der Waals surface area contributed by atoms with Crippen LogP contribution in [-0.2, 0) is 10.0 Å². The monoisotopic (exact) mass is 296 g/mol. The van der Waals surface area contributed by atoms with Crippen LogP contribution < -0.4 is 10.0 Å². The van der Waals surface area contributed by atoms with Crippen LogP contribution in [0.4, 0.5) is 4.39 Å². The Labute approximate surface area is 113 Å². The van der Waals surface area contributed by atoms with Gasteiger partial charge in [-0.1, -0.05) is 6.92 Å². The average Bonchev–Trinajstić information content (AvgIpc) is 2.28. The van der Waals surface area contributed by atoms with Gasteiger partial charge in [0.15, 0.2) is 0 Å². The van der Waals surface area contributed by atoms with E-state index >= 15 is 0 Å². The van der Waals surface area contributed by atoms with Crippen molar-refractivity contribution in [2.24, 2.45) is 0 Å². The summed E-state index contributed by atoms with van der Waals surface area (Å²) in [5.41, 5.74) is 0. The smallest absolute Gasteiger partial charge is 0.240 e. The van der Waals surface area contributed by atoms with Crippen molar-refractivity contribution in [3.05, 3.63) is 30.1 Å². The lowest BCUT2D eigenvalue weighted by Gasteiger charge is -2.13. The van der Waals surface area contributed by atoms with Gasteiger partial charge in [0.2, 0.25) is 10.0 Å². The van der Waals surface area contributed by atoms with E-state index in [2.05, 4.69) is 10.0 Å². The lowest BCUT2D eigenvalue weighted by Crippen LogP contribution is -2.38. The van der Waals surface area contributed by atoms with Gasteiger partial charge in [-0.3, -0.25) is 0 Å². The lowest BCUT2D eigenvalue weighted by atomic mass is 10.3. The van der Waals surface area contributed by atoms with Crippen molar-refractivity contribution >= 4 is 22.4 Å². The third kappa shape index (κ3) is 5.30. The van der Waals surface area contributed by atoms with Gasteiger partial charge in [0.1, 0.15) is 5.82 Å². The molecule has 1 aromatic rings. The van der Waals surface area contributed by atoms with E-state index in [1.165, 1.54) is 12.1 Å². The third-order valence-electron chi connectivity index (χ3n) is 2.26. The molecular weight excluding hydrogens is 279 g/mol. The molecule has 0 aliphatic carbocycles. The molecule has 0 spiro atoms. The molecule has 18 heavy (non-hydrogen) atoms. The molecule has 0 saturated carbocycles. The number of hydrogen-bond acceptors (Lipinski definition) is 3. The topological polar surface area (TPSA) is 58.2 Å². The minimum Gasteiger partial charge on any atom is -0.313 e. The molecule has 0 amide bonds. The van der Waals surface area contributed by atoms with E-state index in [4.69, 9.17) is 0 Å². The Hall–Kier alpha value is -0.690. The summed E-state index contributed by atoms with van der Waals surface area (Å²) >= 11 is 0. The zero-order chi connectivity index (χ0) is 12.9. The highest BCUT2D eigenvalue weighted by Crippen LogP contribution is 2.09. The van der Waals surface area contributed by atoms with E-state index in [0.717, 1.165) is 18.7 Å².